The van der Waals surface area contributed by atoms with Crippen LogP contribution in [0.4, 0.5) is 4.39 Å². The molecule has 0 nitrogen and oxygen atoms in total. The molecule has 0 radical (unpaired) electrons. The molecule has 0 aliphatic carbocycles. The van der Waals surface area contributed by atoms with E-state index in [2.05, 4.69) is 18.8 Å². The lowest BCUT2D eigenvalue weighted by molar-refractivity contribution is 0.501. The van der Waals surface area contributed by atoms with Crippen molar-refractivity contribution in [3.05, 3.63) is 23.5 Å². The van der Waals surface area contributed by atoms with Gasteiger partial charge in [0.15, 0.2) is 0 Å². The van der Waals surface area contributed by atoms with Crippen LogP contribution in [0.15, 0.2) is 23.5 Å². The van der Waals surface area contributed by atoms with Crippen LogP contribution >= 0.6 is 7.92 Å². The van der Waals surface area contributed by atoms with Gasteiger partial charge in [-0.05, 0) is 24.6 Å². The lowest BCUT2D eigenvalue weighted by Gasteiger charge is -2.20. The zero-order valence-corrected chi connectivity index (χ0v) is 7.07. The Hall–Kier alpha value is -0.160. The molecular weight excluding hydrogens is 146 g/mol. The fraction of sp³-hybridized carbons (Fsp3) is 0.500. The van der Waals surface area contributed by atoms with Gasteiger partial charge in [-0.25, -0.2) is 0 Å². The second-order valence-corrected chi connectivity index (χ2v) is 4.67. The maximum atomic E-state index is 11.6. The predicted molar refractivity (Wildman–Crippen MR) is 45.5 cm³/mol. The third-order valence-electron chi connectivity index (χ3n) is 1.58. The first kappa shape index (κ1) is 7.94. The van der Waals surface area contributed by atoms with Crippen LogP contribution in [-0.2, 0) is 0 Å². The molecule has 0 fully saturated rings. The molecule has 0 saturated heterocycles. The summed E-state index contributed by atoms with van der Waals surface area (Å²) < 4.78 is 11.6. The topological polar surface area (TPSA) is 0 Å². The smallest absolute Gasteiger partial charge is 0.0928 e. The monoisotopic (exact) mass is 158 g/mol. The second-order valence-electron chi connectivity index (χ2n) is 2.39. The van der Waals surface area contributed by atoms with Crippen LogP contribution in [0.25, 0.3) is 0 Å². The van der Waals surface area contributed by atoms with Crippen molar-refractivity contribution in [1.29, 1.82) is 0 Å². The summed E-state index contributed by atoms with van der Waals surface area (Å²) >= 11 is 0. The van der Waals surface area contributed by atoms with E-state index in [1.165, 1.54) is 11.5 Å². The van der Waals surface area contributed by atoms with Crippen molar-refractivity contribution >= 4 is 7.92 Å². The average molecular weight is 158 g/mol. The first-order valence-electron chi connectivity index (χ1n) is 3.48. The average Bonchev–Trinajstić information content (AvgIpc) is 1.95. The number of hydrogen-bond acceptors (Lipinski definition) is 0. The van der Waals surface area contributed by atoms with E-state index in [4.69, 9.17) is 0 Å². The Bertz CT molecular complexity index is 161. The molecule has 2 heteroatoms. The summed E-state index contributed by atoms with van der Waals surface area (Å²) in [4.78, 5) is 0. The maximum Gasteiger partial charge on any atom is 0.0928 e. The van der Waals surface area contributed by atoms with E-state index >= 15 is 0 Å². The fourth-order valence-electron chi connectivity index (χ4n) is 0.842. The van der Waals surface area contributed by atoms with Gasteiger partial charge in [0.25, 0.3) is 0 Å². The summed E-state index contributed by atoms with van der Waals surface area (Å²) in [6, 6.07) is 0. The van der Waals surface area contributed by atoms with E-state index in [1.54, 1.807) is 0 Å². The Labute approximate surface area is 62.6 Å². The lowest BCUT2D eigenvalue weighted by Crippen LogP contribution is -1.92. The van der Waals surface area contributed by atoms with Crippen molar-refractivity contribution in [3.63, 3.8) is 0 Å². The highest BCUT2D eigenvalue weighted by Gasteiger charge is 2.11. The molecule has 0 amide bonds. The minimum absolute atomic E-state index is 0.154. The molecule has 1 atom stereocenters. The van der Waals surface area contributed by atoms with Crippen LogP contribution in [0.2, 0.25) is 0 Å². The largest absolute Gasteiger partial charge is 0.251 e. The summed E-state index contributed by atoms with van der Waals surface area (Å²) in [5.41, 5.74) is 0. The van der Waals surface area contributed by atoms with Crippen LogP contribution in [0.1, 0.15) is 6.42 Å². The number of rotatable bonds is 3. The standard InChI is InChI=1S/C8H12FP/c1-10-7-5-8(10)4-2-3-6-9/h2,4-5H,3,6-7H2,1H3/b4-2-. The van der Waals surface area contributed by atoms with Crippen molar-refractivity contribution in [2.45, 2.75) is 6.42 Å². The second kappa shape index (κ2) is 3.88. The van der Waals surface area contributed by atoms with Crippen LogP contribution in [0.3, 0.4) is 0 Å². The van der Waals surface area contributed by atoms with Gasteiger partial charge in [0.2, 0.25) is 0 Å². The Morgan fingerprint density at radius 1 is 1.80 bits per heavy atom. The maximum absolute atomic E-state index is 11.6. The fourth-order valence-corrected chi connectivity index (χ4v) is 1.96. The normalized spacial score (nSPS) is 24.6. The number of hydrogen-bond donors (Lipinski definition) is 0. The molecule has 0 spiro atoms. The van der Waals surface area contributed by atoms with Gasteiger partial charge < -0.3 is 0 Å². The van der Waals surface area contributed by atoms with Crippen molar-refractivity contribution in [2.75, 3.05) is 19.5 Å². The van der Waals surface area contributed by atoms with Gasteiger partial charge in [-0.3, -0.25) is 4.39 Å². The number of alkyl halides is 1. The van der Waals surface area contributed by atoms with Gasteiger partial charge in [-0.15, -0.1) is 0 Å². The van der Waals surface area contributed by atoms with Crippen molar-refractivity contribution in [1.82, 2.24) is 0 Å². The number of allylic oxidation sites excluding steroid dienone is 4. The Balaban J connectivity index is 2.25. The molecule has 0 saturated carbocycles. The first-order chi connectivity index (χ1) is 4.84. The van der Waals surface area contributed by atoms with E-state index in [0.29, 0.717) is 6.42 Å². The summed E-state index contributed by atoms with van der Waals surface area (Å²) in [5.74, 6) is 0. The van der Waals surface area contributed by atoms with Gasteiger partial charge in [-0.2, -0.15) is 0 Å². The molecule has 1 rings (SSSR count). The summed E-state index contributed by atoms with van der Waals surface area (Å²) in [6.45, 7) is 2.02. The number of halogens is 1. The molecule has 1 aliphatic heterocycles. The molecule has 1 aliphatic rings. The van der Waals surface area contributed by atoms with Crippen LogP contribution in [0, 0.1) is 0 Å². The highest BCUT2D eigenvalue weighted by molar-refractivity contribution is 7.63. The molecule has 0 aromatic rings. The van der Waals surface area contributed by atoms with Crippen LogP contribution in [0.5, 0.6) is 0 Å². The molecule has 0 bridgehead atoms. The zero-order chi connectivity index (χ0) is 7.40. The van der Waals surface area contributed by atoms with Gasteiger partial charge in [0.05, 0.1) is 6.67 Å². The van der Waals surface area contributed by atoms with Gasteiger partial charge in [-0.1, -0.05) is 26.1 Å². The first-order valence-corrected chi connectivity index (χ1v) is 5.46. The Kier molecular flexibility index (Phi) is 3.08. The lowest BCUT2D eigenvalue weighted by atomic mass is 10.4. The Morgan fingerprint density at radius 3 is 3.00 bits per heavy atom. The van der Waals surface area contributed by atoms with Gasteiger partial charge >= 0.3 is 0 Å². The zero-order valence-electron chi connectivity index (χ0n) is 6.18. The van der Waals surface area contributed by atoms with Crippen molar-refractivity contribution < 1.29 is 4.39 Å². The highest BCUT2D eigenvalue weighted by atomic mass is 31.1. The molecule has 1 heterocycles. The van der Waals surface area contributed by atoms with Crippen LogP contribution < -0.4 is 0 Å². The summed E-state index contributed by atoms with van der Waals surface area (Å²) in [5, 5.41) is 1.43. The SMILES string of the molecule is CP1CC=C1/C=C\CCF. The van der Waals surface area contributed by atoms with E-state index < -0.39 is 0 Å². The molecule has 10 heavy (non-hydrogen) atoms. The molecule has 0 N–H and O–H groups in total. The van der Waals surface area contributed by atoms with Crippen molar-refractivity contribution in [2.24, 2.45) is 0 Å². The summed E-state index contributed by atoms with van der Waals surface area (Å²) in [7, 11) is 0.154. The Morgan fingerprint density at radius 2 is 2.60 bits per heavy atom. The molecule has 1 unspecified atom stereocenters. The minimum Gasteiger partial charge on any atom is -0.251 e. The third-order valence-corrected chi connectivity index (χ3v) is 3.52. The van der Waals surface area contributed by atoms with E-state index in [9.17, 15) is 4.39 Å². The molecule has 0 aromatic heterocycles. The third kappa shape index (κ3) is 1.91. The molecule has 0 aromatic carbocycles. The minimum atomic E-state index is -0.231. The molecule has 56 valence electrons. The predicted octanol–water partition coefficient (Wildman–Crippen LogP) is 2.91. The molecular formula is C8H12FP. The van der Waals surface area contributed by atoms with Crippen LogP contribution in [-0.4, -0.2) is 19.5 Å². The van der Waals surface area contributed by atoms with E-state index in [0.717, 1.165) is 0 Å². The van der Waals surface area contributed by atoms with E-state index in [-0.39, 0.29) is 14.6 Å². The highest BCUT2D eigenvalue weighted by Crippen LogP contribution is 2.49. The van der Waals surface area contributed by atoms with Crippen molar-refractivity contribution in [3.8, 4) is 0 Å². The quantitative estimate of drug-likeness (QED) is 0.554. The van der Waals surface area contributed by atoms with E-state index in [1.807, 2.05) is 6.08 Å². The van der Waals surface area contributed by atoms with Gasteiger partial charge in [0.1, 0.15) is 0 Å². The van der Waals surface area contributed by atoms with Gasteiger partial charge in [0, 0.05) is 0 Å². The summed E-state index contributed by atoms with van der Waals surface area (Å²) in [6.07, 6.45) is 8.03.